The molecule has 2 bridgehead atoms. The Bertz CT molecular complexity index is 2680. The van der Waals surface area contributed by atoms with Crippen LogP contribution in [0.25, 0.3) is 22.2 Å². The molecule has 29 heteroatoms. The lowest BCUT2D eigenvalue weighted by molar-refractivity contribution is -0.0568. The number of halogens is 2. The summed E-state index contributed by atoms with van der Waals surface area (Å²) >= 11 is 8.06. The van der Waals surface area contributed by atoms with Crippen molar-refractivity contribution in [3.8, 4) is 0 Å². The summed E-state index contributed by atoms with van der Waals surface area (Å²) in [7, 11) is 1.47. The van der Waals surface area contributed by atoms with Crippen LogP contribution in [0.5, 0.6) is 0 Å². The Labute approximate surface area is 364 Å². The van der Waals surface area contributed by atoms with Gasteiger partial charge in [-0.25, -0.2) is 47.4 Å². The van der Waals surface area contributed by atoms with Crippen molar-refractivity contribution >= 4 is 78.3 Å². The minimum Gasteiger partial charge on any atom is -0.447 e. The zero-order valence-corrected chi connectivity index (χ0v) is 36.3. The number of carbonyl (C=O) groups excluding carboxylic acids is 2. The fourth-order valence-corrected chi connectivity index (χ4v) is 9.83. The summed E-state index contributed by atoms with van der Waals surface area (Å²) in [6, 6.07) is 7.47. The SMILES string of the molecule is Cc1ccc(COC(=O)N(C)CCOC(=O)Nc2ncnc3c2ncn3C2O[C@@H]3CO[P@@](=O)(S)O[C@@H]4[C@H](O)C(CO[P@@](=O)(S)O[C@H]3[C@H]2F)O[C@H]4n2cc(F)c3c(=O)[nH]cnc32)cc1. The van der Waals surface area contributed by atoms with Gasteiger partial charge in [-0.15, -0.1) is 0 Å². The van der Waals surface area contributed by atoms with Crippen LogP contribution in [0.1, 0.15) is 23.6 Å². The number of aromatic nitrogens is 7. The van der Waals surface area contributed by atoms with Crippen molar-refractivity contribution in [1.29, 1.82) is 0 Å². The predicted molar refractivity (Wildman–Crippen MR) is 218 cm³/mol. The van der Waals surface area contributed by atoms with Gasteiger partial charge in [-0.05, 0) is 12.5 Å². The molecule has 0 saturated carbocycles. The van der Waals surface area contributed by atoms with Crippen LogP contribution in [0.4, 0.5) is 24.2 Å². The molecule has 0 radical (unpaired) electrons. The summed E-state index contributed by atoms with van der Waals surface area (Å²) in [5, 5.41) is 13.2. The molecule has 10 atom stereocenters. The zero-order valence-electron chi connectivity index (χ0n) is 32.7. The van der Waals surface area contributed by atoms with Crippen LogP contribution in [0.3, 0.4) is 0 Å². The number of aromatic amines is 1. The molecule has 5 aromatic rings. The van der Waals surface area contributed by atoms with E-state index in [2.05, 4.69) is 54.7 Å². The van der Waals surface area contributed by atoms with Gasteiger partial charge in [0.1, 0.15) is 55.4 Å². The Morgan fingerprint density at radius 1 is 0.984 bits per heavy atom. The van der Waals surface area contributed by atoms with Gasteiger partial charge in [0.2, 0.25) is 0 Å². The summed E-state index contributed by atoms with van der Waals surface area (Å²) in [5.41, 5.74) is 0.745. The number of aliphatic hydroxyl groups excluding tert-OH is 1. The van der Waals surface area contributed by atoms with Crippen LogP contribution >= 0.6 is 38.1 Å². The summed E-state index contributed by atoms with van der Waals surface area (Å²) in [5.74, 6) is -1.14. The number of aryl methyl sites for hydroxylation is 1. The number of amides is 2. The van der Waals surface area contributed by atoms with Gasteiger partial charge in [-0.3, -0.25) is 32.8 Å². The topological polar surface area (TPSA) is 272 Å². The molecular formula is C34H37F2N9O14P2S2. The fourth-order valence-electron chi connectivity index (χ4n) is 6.89. The molecule has 0 spiro atoms. The van der Waals surface area contributed by atoms with E-state index in [0.29, 0.717) is 0 Å². The zero-order chi connectivity index (χ0) is 44.8. The molecule has 23 nitrogen and oxygen atoms in total. The molecule has 1 aromatic carbocycles. The highest BCUT2D eigenvalue weighted by molar-refractivity contribution is 8.44. The molecule has 4 aromatic heterocycles. The van der Waals surface area contributed by atoms with E-state index < -0.39 is 105 Å². The molecule has 2 amide bonds. The number of fused-ring (bicyclic) bond motifs is 5. The molecule has 338 valence electrons. The molecule has 3 fully saturated rings. The van der Waals surface area contributed by atoms with Gasteiger partial charge >= 0.3 is 25.8 Å². The third-order valence-corrected chi connectivity index (χ3v) is 13.3. The minimum absolute atomic E-state index is 0.0110. The van der Waals surface area contributed by atoms with E-state index in [0.717, 1.165) is 45.4 Å². The number of ether oxygens (including phenoxy) is 4. The number of hydrogen-bond donors (Lipinski definition) is 5. The average molecular weight is 960 g/mol. The van der Waals surface area contributed by atoms with E-state index in [1.165, 1.54) is 11.9 Å². The number of imidazole rings is 1. The second-order valence-corrected chi connectivity index (χ2v) is 20.1. The number of anilines is 1. The molecule has 2 unspecified atom stereocenters. The van der Waals surface area contributed by atoms with E-state index in [1.54, 1.807) is 0 Å². The van der Waals surface area contributed by atoms with Gasteiger partial charge in [0.05, 0.1) is 32.4 Å². The third kappa shape index (κ3) is 9.64. The van der Waals surface area contributed by atoms with E-state index in [-0.39, 0.29) is 42.4 Å². The number of nitrogens with zero attached hydrogens (tertiary/aromatic N) is 7. The number of alkyl halides is 1. The fraction of sp³-hybridized carbons (Fsp3) is 0.441. The first kappa shape index (κ1) is 45.1. The van der Waals surface area contributed by atoms with Crippen molar-refractivity contribution in [2.45, 2.75) is 62.7 Å². The van der Waals surface area contributed by atoms with Crippen LogP contribution in [-0.2, 0) is 52.8 Å². The number of hydrogen-bond acceptors (Lipinski definition) is 18. The van der Waals surface area contributed by atoms with E-state index in [1.807, 2.05) is 31.2 Å². The van der Waals surface area contributed by atoms with Crippen LogP contribution in [0, 0.1) is 12.7 Å². The number of thiol groups is 2. The molecule has 63 heavy (non-hydrogen) atoms. The minimum atomic E-state index is -4.58. The molecule has 7 heterocycles. The van der Waals surface area contributed by atoms with E-state index >= 15 is 4.39 Å². The number of carbonyl (C=O) groups is 2. The second kappa shape index (κ2) is 18.2. The lowest BCUT2D eigenvalue weighted by Crippen LogP contribution is -2.35. The first-order chi connectivity index (χ1) is 30.0. The summed E-state index contributed by atoms with van der Waals surface area (Å²) in [6.45, 7) is -8.90. The molecule has 0 aliphatic carbocycles. The second-order valence-electron chi connectivity index (χ2n) is 14.3. The maximum absolute atomic E-state index is 16.5. The smallest absolute Gasteiger partial charge is 0.412 e. The number of rotatable bonds is 8. The van der Waals surface area contributed by atoms with Gasteiger partial charge in [0.25, 0.3) is 5.56 Å². The van der Waals surface area contributed by atoms with Crippen molar-refractivity contribution in [1.82, 2.24) is 39.0 Å². The molecule has 3 aliphatic heterocycles. The number of aliphatic hydroxyl groups is 1. The van der Waals surface area contributed by atoms with Gasteiger partial charge in [0.15, 0.2) is 47.1 Å². The number of H-pyrrole nitrogens is 1. The monoisotopic (exact) mass is 959 g/mol. The lowest BCUT2D eigenvalue weighted by Gasteiger charge is -2.26. The first-order valence-corrected chi connectivity index (χ1v) is 24.1. The van der Waals surface area contributed by atoms with Gasteiger partial charge < -0.3 is 38.5 Å². The molecule has 3 N–H and O–H groups in total. The summed E-state index contributed by atoms with van der Waals surface area (Å²) in [4.78, 5) is 57.4. The highest BCUT2D eigenvalue weighted by atomic mass is 32.7. The third-order valence-electron chi connectivity index (χ3n) is 10.0. The Morgan fingerprint density at radius 2 is 1.68 bits per heavy atom. The Kier molecular flexibility index (Phi) is 13.0. The molecule has 3 saturated heterocycles. The quantitative estimate of drug-likeness (QED) is 0.108. The highest BCUT2D eigenvalue weighted by Gasteiger charge is 2.54. The number of nitrogens with one attached hydrogen (secondary N) is 2. The van der Waals surface area contributed by atoms with Crippen molar-refractivity contribution in [2.75, 3.05) is 38.7 Å². The van der Waals surface area contributed by atoms with Gasteiger partial charge in [-0.1, -0.05) is 54.3 Å². The average Bonchev–Trinajstić information content (AvgIpc) is 3.98. The predicted octanol–water partition coefficient (Wildman–Crippen LogP) is 4.22. The standard InChI is InChI=1S/C34H37F2N9O14P2S2/c1-16-3-5-17(6-4-16)10-53-34(49)43(2)7-8-52-33(48)42-27-23-29(39-13-37-27)45(15-41-23)31-22(36)25-20(57-31)12-55-61(51,63)59-26-24(46)19(11-54-60(50,62)58-25)56-32(26)44-9-18(35)21-28(44)38-14-40-30(21)47/h3-6,9,13-15,19-20,22,24-26,31-32,46H,7-8,10-12H2,1-2H3,(H,50,62)(H,51,63)(H,38,40,47)(H,37,39,42,48)/t19?,20-,22-,24-,25-,26-,31?,32-,60-,61-/m1/s1. The summed E-state index contributed by atoms with van der Waals surface area (Å²) in [6.07, 6.45) is -11.1. The largest absolute Gasteiger partial charge is 0.447 e. The molecular weight excluding hydrogens is 923 g/mol. The first-order valence-electron chi connectivity index (χ1n) is 18.7. The van der Waals surface area contributed by atoms with Crippen LogP contribution in [0.15, 0.2) is 54.2 Å². The highest BCUT2D eigenvalue weighted by Crippen LogP contribution is 2.60. The lowest BCUT2D eigenvalue weighted by atomic mass is 10.1. The van der Waals surface area contributed by atoms with Crippen LogP contribution < -0.4 is 10.9 Å². The summed E-state index contributed by atoms with van der Waals surface area (Å²) < 4.78 is 105. The van der Waals surface area contributed by atoms with Crippen molar-refractivity contribution in [3.05, 3.63) is 76.7 Å². The van der Waals surface area contributed by atoms with E-state index in [9.17, 15) is 33.0 Å². The Morgan fingerprint density at radius 3 is 2.43 bits per heavy atom. The van der Waals surface area contributed by atoms with E-state index in [4.69, 9.17) is 37.0 Å². The number of likely N-dealkylation sites (N-methyl/N-ethyl adjacent to an activating group) is 1. The van der Waals surface area contributed by atoms with Crippen molar-refractivity contribution in [3.63, 3.8) is 0 Å². The van der Waals surface area contributed by atoms with Crippen LogP contribution in [0.2, 0.25) is 0 Å². The van der Waals surface area contributed by atoms with Crippen LogP contribution in [-0.4, -0.2) is 126 Å². The molecule has 3 aliphatic rings. The maximum Gasteiger partial charge on any atom is 0.412 e. The Balaban J connectivity index is 0.941. The number of benzene rings is 1. The van der Waals surface area contributed by atoms with Crippen molar-refractivity contribution < 1.29 is 69.6 Å². The molecule has 8 rings (SSSR count). The van der Waals surface area contributed by atoms with Crippen molar-refractivity contribution in [2.24, 2.45) is 0 Å². The normalized spacial score (nSPS) is 30.0. The maximum atomic E-state index is 16.5. The van der Waals surface area contributed by atoms with Gasteiger partial charge in [0, 0.05) is 13.2 Å². The van der Waals surface area contributed by atoms with Gasteiger partial charge in [-0.2, -0.15) is 0 Å². The Hall–Kier alpha value is -4.53.